The van der Waals surface area contributed by atoms with E-state index in [1.54, 1.807) is 12.1 Å². The summed E-state index contributed by atoms with van der Waals surface area (Å²) in [5.74, 6) is -0.798. The minimum Gasteiger partial charge on any atom is -0.340 e. The van der Waals surface area contributed by atoms with E-state index in [9.17, 15) is 22.8 Å². The van der Waals surface area contributed by atoms with E-state index in [2.05, 4.69) is 10.6 Å². The molecule has 10 heteroatoms. The quantitative estimate of drug-likeness (QED) is 0.661. The number of imide groups is 1. The lowest BCUT2D eigenvalue weighted by atomic mass is 10.1. The predicted molar refractivity (Wildman–Crippen MR) is 98.9 cm³/mol. The van der Waals surface area contributed by atoms with Crippen LogP contribution in [-0.4, -0.2) is 67.7 Å². The van der Waals surface area contributed by atoms with Crippen LogP contribution in [0.5, 0.6) is 0 Å². The van der Waals surface area contributed by atoms with E-state index in [-0.39, 0.29) is 38.5 Å². The summed E-state index contributed by atoms with van der Waals surface area (Å²) in [7, 11) is -3.60. The van der Waals surface area contributed by atoms with Crippen molar-refractivity contribution >= 4 is 27.9 Å². The van der Waals surface area contributed by atoms with Gasteiger partial charge in [0.25, 0.3) is 5.91 Å². The summed E-state index contributed by atoms with van der Waals surface area (Å²) in [5.41, 5.74) is 2.32. The molecule has 4 rings (SSSR count). The number of rotatable bonds is 4. The van der Waals surface area contributed by atoms with Crippen molar-refractivity contribution in [1.82, 2.24) is 19.8 Å². The number of nitrogens with one attached hydrogen (secondary N) is 2. The van der Waals surface area contributed by atoms with Crippen LogP contribution in [-0.2, 0) is 32.5 Å². The van der Waals surface area contributed by atoms with Crippen molar-refractivity contribution in [3.63, 3.8) is 0 Å². The standard InChI is InChI=1S/C18H22N4O5S/c23-16(11-15-17(24)20-18(25)19-15)21-6-8-22(9-7-21)28(26,27)14-5-4-12-2-1-3-13(12)10-14/h4-5,10,15H,1-3,6-9,11H2,(H2,19,20,24,25)/t15-/m1/s1. The van der Waals surface area contributed by atoms with E-state index in [1.807, 2.05) is 6.07 Å². The molecule has 150 valence electrons. The van der Waals surface area contributed by atoms with E-state index in [4.69, 9.17) is 0 Å². The van der Waals surface area contributed by atoms with Crippen molar-refractivity contribution in [2.24, 2.45) is 0 Å². The molecular weight excluding hydrogens is 384 g/mol. The fraction of sp³-hybridized carbons (Fsp3) is 0.500. The Balaban J connectivity index is 1.37. The van der Waals surface area contributed by atoms with Crippen LogP contribution in [0.15, 0.2) is 23.1 Å². The van der Waals surface area contributed by atoms with Crippen LogP contribution < -0.4 is 10.6 Å². The summed E-state index contributed by atoms with van der Waals surface area (Å²) >= 11 is 0. The van der Waals surface area contributed by atoms with Crippen LogP contribution in [0.2, 0.25) is 0 Å². The van der Waals surface area contributed by atoms with Crippen LogP contribution in [0.1, 0.15) is 24.0 Å². The molecule has 1 aromatic carbocycles. The maximum absolute atomic E-state index is 12.9. The molecule has 1 aromatic rings. The Bertz CT molecular complexity index is 937. The van der Waals surface area contributed by atoms with Gasteiger partial charge in [-0.15, -0.1) is 0 Å². The molecule has 9 nitrogen and oxygen atoms in total. The first-order valence-electron chi connectivity index (χ1n) is 9.36. The van der Waals surface area contributed by atoms with E-state index >= 15 is 0 Å². The Morgan fingerprint density at radius 1 is 1.07 bits per heavy atom. The number of piperazine rings is 1. The molecule has 4 amide bonds. The van der Waals surface area contributed by atoms with Gasteiger partial charge in [0.15, 0.2) is 0 Å². The van der Waals surface area contributed by atoms with Gasteiger partial charge < -0.3 is 10.2 Å². The number of aryl methyl sites for hydroxylation is 2. The summed E-state index contributed by atoms with van der Waals surface area (Å²) in [6.45, 7) is 0.916. The highest BCUT2D eigenvalue weighted by molar-refractivity contribution is 7.89. The monoisotopic (exact) mass is 406 g/mol. The second-order valence-corrected chi connectivity index (χ2v) is 9.23. The Kier molecular flexibility index (Phi) is 4.84. The zero-order chi connectivity index (χ0) is 19.9. The topological polar surface area (TPSA) is 116 Å². The first kappa shape index (κ1) is 18.9. The molecule has 3 aliphatic rings. The third kappa shape index (κ3) is 3.49. The largest absolute Gasteiger partial charge is 0.340 e. The molecule has 1 aliphatic carbocycles. The first-order valence-corrected chi connectivity index (χ1v) is 10.8. The highest BCUT2D eigenvalue weighted by Gasteiger charge is 2.35. The maximum Gasteiger partial charge on any atom is 0.322 e. The molecule has 0 radical (unpaired) electrons. The summed E-state index contributed by atoms with van der Waals surface area (Å²) < 4.78 is 27.3. The molecule has 28 heavy (non-hydrogen) atoms. The van der Waals surface area contributed by atoms with Crippen LogP contribution >= 0.6 is 0 Å². The molecule has 2 fully saturated rings. The van der Waals surface area contributed by atoms with Gasteiger partial charge in [-0.25, -0.2) is 13.2 Å². The highest BCUT2D eigenvalue weighted by Crippen LogP contribution is 2.26. The highest BCUT2D eigenvalue weighted by atomic mass is 32.2. The third-order valence-corrected chi connectivity index (χ3v) is 7.43. The average molecular weight is 406 g/mol. The van der Waals surface area contributed by atoms with Crippen molar-refractivity contribution < 1.29 is 22.8 Å². The molecule has 2 aliphatic heterocycles. The minimum absolute atomic E-state index is 0.130. The number of carbonyl (C=O) groups excluding carboxylic acids is 3. The smallest absolute Gasteiger partial charge is 0.322 e. The maximum atomic E-state index is 12.9. The lowest BCUT2D eigenvalue weighted by molar-refractivity contribution is -0.134. The van der Waals surface area contributed by atoms with Crippen molar-refractivity contribution in [2.45, 2.75) is 36.6 Å². The van der Waals surface area contributed by atoms with E-state index in [0.29, 0.717) is 4.90 Å². The van der Waals surface area contributed by atoms with Gasteiger partial charge >= 0.3 is 6.03 Å². The number of hydrogen-bond donors (Lipinski definition) is 2. The van der Waals surface area contributed by atoms with Crippen molar-refractivity contribution in [1.29, 1.82) is 0 Å². The van der Waals surface area contributed by atoms with Gasteiger partial charge in [-0.05, 0) is 42.5 Å². The Labute approximate surface area is 163 Å². The number of nitrogens with zero attached hydrogens (tertiary/aromatic N) is 2. The van der Waals surface area contributed by atoms with Crippen molar-refractivity contribution in [3.8, 4) is 0 Å². The van der Waals surface area contributed by atoms with Gasteiger partial charge in [0.1, 0.15) is 6.04 Å². The lowest BCUT2D eigenvalue weighted by Gasteiger charge is -2.34. The summed E-state index contributed by atoms with van der Waals surface area (Å²) in [4.78, 5) is 36.9. The van der Waals surface area contributed by atoms with E-state index in [1.165, 1.54) is 14.8 Å². The van der Waals surface area contributed by atoms with Gasteiger partial charge in [-0.1, -0.05) is 6.07 Å². The third-order valence-electron chi connectivity index (χ3n) is 5.54. The SMILES string of the molecule is O=C1NC(=O)[C@@H](CC(=O)N2CCN(S(=O)(=O)c3ccc4c(c3)CCC4)CC2)N1. The van der Waals surface area contributed by atoms with E-state index < -0.39 is 28.0 Å². The molecule has 2 N–H and O–H groups in total. The summed E-state index contributed by atoms with van der Waals surface area (Å²) in [6, 6.07) is 3.87. The Morgan fingerprint density at radius 2 is 1.79 bits per heavy atom. The second kappa shape index (κ2) is 7.17. The Hall–Kier alpha value is -2.46. The number of sulfonamides is 1. The second-order valence-electron chi connectivity index (χ2n) is 7.29. The molecule has 2 saturated heterocycles. The van der Waals surface area contributed by atoms with Gasteiger partial charge in [0, 0.05) is 26.2 Å². The number of urea groups is 1. The van der Waals surface area contributed by atoms with Crippen LogP contribution in [0.25, 0.3) is 0 Å². The number of hydrogen-bond acceptors (Lipinski definition) is 5. The predicted octanol–water partition coefficient (Wildman–Crippen LogP) is -0.394. The fourth-order valence-electron chi connectivity index (χ4n) is 3.94. The molecule has 1 atom stereocenters. The average Bonchev–Trinajstić information content (AvgIpc) is 3.27. The van der Waals surface area contributed by atoms with Gasteiger partial charge in [0.05, 0.1) is 11.3 Å². The summed E-state index contributed by atoms with van der Waals surface area (Å²) in [6.07, 6.45) is 2.83. The minimum atomic E-state index is -3.60. The normalized spacial score (nSPS) is 22.7. The Morgan fingerprint density at radius 3 is 2.46 bits per heavy atom. The fourth-order valence-corrected chi connectivity index (χ4v) is 5.42. The molecule has 0 unspecified atom stereocenters. The molecule has 0 bridgehead atoms. The zero-order valence-electron chi connectivity index (χ0n) is 15.3. The summed E-state index contributed by atoms with van der Waals surface area (Å²) in [5, 5.41) is 4.49. The number of amides is 4. The van der Waals surface area contributed by atoms with E-state index in [0.717, 1.165) is 24.8 Å². The molecule has 0 aromatic heterocycles. The zero-order valence-corrected chi connectivity index (χ0v) is 16.1. The number of benzene rings is 1. The van der Waals surface area contributed by atoms with Gasteiger partial charge in [-0.3, -0.25) is 14.9 Å². The lowest BCUT2D eigenvalue weighted by Crippen LogP contribution is -2.51. The van der Waals surface area contributed by atoms with Crippen LogP contribution in [0.3, 0.4) is 0 Å². The molecule has 2 heterocycles. The van der Waals surface area contributed by atoms with Crippen molar-refractivity contribution in [2.75, 3.05) is 26.2 Å². The first-order chi connectivity index (χ1) is 13.3. The van der Waals surface area contributed by atoms with Crippen LogP contribution in [0, 0.1) is 0 Å². The van der Waals surface area contributed by atoms with Crippen LogP contribution in [0.4, 0.5) is 4.79 Å². The molecule has 0 spiro atoms. The number of fused-ring (bicyclic) bond motifs is 1. The van der Waals surface area contributed by atoms with Crippen molar-refractivity contribution in [3.05, 3.63) is 29.3 Å². The van der Waals surface area contributed by atoms with Gasteiger partial charge in [0.2, 0.25) is 15.9 Å². The van der Waals surface area contributed by atoms with Gasteiger partial charge in [-0.2, -0.15) is 4.31 Å². The molecule has 0 saturated carbocycles. The molecular formula is C18H22N4O5S. The number of carbonyl (C=O) groups is 3.